The van der Waals surface area contributed by atoms with Crippen molar-refractivity contribution in [2.45, 2.75) is 12.5 Å². The summed E-state index contributed by atoms with van der Waals surface area (Å²) in [6.07, 6.45) is -0.174. The molecule has 1 heterocycles. The number of rotatable bonds is 4. The lowest BCUT2D eigenvalue weighted by Crippen LogP contribution is -2.25. The van der Waals surface area contributed by atoms with Gasteiger partial charge >= 0.3 is 11.9 Å². The molecule has 1 unspecified atom stereocenters. The number of aliphatic hydroxyl groups is 1. The molecule has 0 aliphatic heterocycles. The second kappa shape index (κ2) is 5.03. The molecule has 0 radical (unpaired) electrons. The van der Waals surface area contributed by atoms with Crippen LogP contribution in [0.15, 0.2) is 12.4 Å². The van der Waals surface area contributed by atoms with E-state index in [4.69, 9.17) is 15.9 Å². The number of nitrogens with zero attached hydrogens (tertiary/aromatic N) is 2. The predicted octanol–water partition coefficient (Wildman–Crippen LogP) is -1.20. The fraction of sp³-hybridized carbons (Fsp3) is 0.250. The molecule has 4 N–H and O–H groups in total. The summed E-state index contributed by atoms with van der Waals surface area (Å²) >= 11 is 0. The maximum atomic E-state index is 11.1. The minimum atomic E-state index is -1.80. The number of hydrogen-bond donors (Lipinski definition) is 3. The molecule has 1 rings (SSSR count). The Kier molecular flexibility index (Phi) is 3.72. The first-order valence-corrected chi connectivity index (χ1v) is 4.18. The number of nitrogen functional groups attached to an aromatic ring is 1. The molecule has 0 aliphatic rings. The van der Waals surface area contributed by atoms with Crippen LogP contribution in [0.4, 0.5) is 5.82 Å². The lowest BCUT2D eigenvalue weighted by molar-refractivity contribution is -0.152. The van der Waals surface area contributed by atoms with E-state index in [-0.39, 0.29) is 11.7 Å². The molecule has 0 saturated carbocycles. The minimum absolute atomic E-state index is 0.114. The van der Waals surface area contributed by atoms with Crippen LogP contribution >= 0.6 is 0 Å². The molecule has 86 valence electrons. The third kappa shape index (κ3) is 3.50. The average Bonchev–Trinajstić information content (AvgIpc) is 2.21. The minimum Gasteiger partial charge on any atom is -0.479 e. The van der Waals surface area contributed by atoms with Gasteiger partial charge in [-0.1, -0.05) is 0 Å². The molecule has 8 heteroatoms. The molecule has 0 saturated heterocycles. The van der Waals surface area contributed by atoms with Gasteiger partial charge in [0, 0.05) is 0 Å². The van der Waals surface area contributed by atoms with Crippen LogP contribution < -0.4 is 10.5 Å². The average molecular weight is 227 g/mol. The number of ether oxygens (including phenoxy) is 1. The summed E-state index contributed by atoms with van der Waals surface area (Å²) in [4.78, 5) is 28.5. The van der Waals surface area contributed by atoms with Crippen LogP contribution in [-0.2, 0) is 9.59 Å². The Morgan fingerprint density at radius 3 is 2.62 bits per heavy atom. The zero-order valence-corrected chi connectivity index (χ0v) is 8.03. The van der Waals surface area contributed by atoms with Gasteiger partial charge < -0.3 is 20.7 Å². The number of carbonyl (C=O) groups excluding carboxylic acids is 1. The monoisotopic (exact) mass is 227 g/mol. The Morgan fingerprint density at radius 1 is 1.44 bits per heavy atom. The van der Waals surface area contributed by atoms with E-state index in [0.717, 1.165) is 6.20 Å². The van der Waals surface area contributed by atoms with E-state index in [9.17, 15) is 9.59 Å². The van der Waals surface area contributed by atoms with Gasteiger partial charge in [0.1, 0.15) is 5.82 Å². The summed E-state index contributed by atoms with van der Waals surface area (Å²) in [5.74, 6) is -2.38. The number of carboxylic acid groups (broad SMARTS) is 1. The summed E-state index contributed by atoms with van der Waals surface area (Å²) in [5, 5.41) is 17.2. The van der Waals surface area contributed by atoms with E-state index in [1.54, 1.807) is 0 Å². The van der Waals surface area contributed by atoms with Gasteiger partial charge in [0.15, 0.2) is 6.10 Å². The second-order valence-corrected chi connectivity index (χ2v) is 2.81. The van der Waals surface area contributed by atoms with Crippen LogP contribution in [0, 0.1) is 0 Å². The van der Waals surface area contributed by atoms with Crippen molar-refractivity contribution >= 4 is 17.8 Å². The van der Waals surface area contributed by atoms with Gasteiger partial charge in [-0.3, -0.25) is 4.79 Å². The van der Waals surface area contributed by atoms with E-state index in [0.29, 0.717) is 0 Å². The third-order valence-corrected chi connectivity index (χ3v) is 1.51. The molecule has 1 atom stereocenters. The van der Waals surface area contributed by atoms with Crippen molar-refractivity contribution in [2.75, 3.05) is 5.73 Å². The molecule has 0 fully saturated rings. The summed E-state index contributed by atoms with van der Waals surface area (Å²) in [7, 11) is 0. The Morgan fingerprint density at radius 2 is 2.12 bits per heavy atom. The van der Waals surface area contributed by atoms with Crippen LogP contribution in [0.2, 0.25) is 0 Å². The van der Waals surface area contributed by atoms with Crippen LogP contribution in [0.25, 0.3) is 0 Å². The number of carboxylic acids is 1. The van der Waals surface area contributed by atoms with Crippen molar-refractivity contribution in [1.29, 1.82) is 0 Å². The normalized spacial score (nSPS) is 11.8. The van der Waals surface area contributed by atoms with Crippen molar-refractivity contribution in [3.8, 4) is 5.88 Å². The Bertz CT molecular complexity index is 391. The smallest absolute Gasteiger partial charge is 0.333 e. The van der Waals surface area contributed by atoms with Gasteiger partial charge in [0.05, 0.1) is 18.8 Å². The molecule has 0 spiro atoms. The molecule has 0 bridgehead atoms. The van der Waals surface area contributed by atoms with Gasteiger partial charge in [-0.05, 0) is 0 Å². The summed E-state index contributed by atoms with van der Waals surface area (Å²) in [6.45, 7) is 0. The number of anilines is 1. The maximum Gasteiger partial charge on any atom is 0.333 e. The quantitative estimate of drug-likeness (QED) is 0.545. The Labute approximate surface area is 89.7 Å². The summed E-state index contributed by atoms with van der Waals surface area (Å²) < 4.78 is 4.60. The fourth-order valence-electron chi connectivity index (χ4n) is 0.782. The first kappa shape index (κ1) is 11.9. The van der Waals surface area contributed by atoms with Gasteiger partial charge in [-0.15, -0.1) is 0 Å². The largest absolute Gasteiger partial charge is 0.479 e. The molecule has 1 aromatic heterocycles. The number of aromatic nitrogens is 2. The maximum absolute atomic E-state index is 11.1. The van der Waals surface area contributed by atoms with Gasteiger partial charge in [0.25, 0.3) is 0 Å². The fourth-order valence-corrected chi connectivity index (χ4v) is 0.782. The highest BCUT2D eigenvalue weighted by Gasteiger charge is 2.19. The standard InChI is InChI=1S/C8H9N3O5/c9-5-2-11-6(3-10-5)16-7(13)1-4(12)8(14)15/h2-4,12H,1H2,(H2,9,10)(H,14,15). The molecular weight excluding hydrogens is 218 g/mol. The van der Waals surface area contributed by atoms with E-state index in [1.165, 1.54) is 6.20 Å². The number of nitrogens with two attached hydrogens (primary N) is 1. The van der Waals surface area contributed by atoms with Crippen LogP contribution in [0.3, 0.4) is 0 Å². The number of aliphatic hydroxyl groups excluding tert-OH is 1. The Balaban J connectivity index is 2.52. The molecular formula is C8H9N3O5. The van der Waals surface area contributed by atoms with Crippen molar-refractivity contribution in [2.24, 2.45) is 0 Å². The Hall–Kier alpha value is -2.22. The highest BCUT2D eigenvalue weighted by atomic mass is 16.5. The second-order valence-electron chi connectivity index (χ2n) is 2.81. The zero-order valence-electron chi connectivity index (χ0n) is 8.03. The van der Waals surface area contributed by atoms with Crippen molar-refractivity contribution in [3.63, 3.8) is 0 Å². The summed E-state index contributed by atoms with van der Waals surface area (Å²) in [6, 6.07) is 0. The van der Waals surface area contributed by atoms with E-state index < -0.39 is 24.5 Å². The zero-order chi connectivity index (χ0) is 12.1. The highest BCUT2D eigenvalue weighted by Crippen LogP contribution is 2.06. The number of aliphatic carboxylic acids is 1. The van der Waals surface area contributed by atoms with Crippen molar-refractivity contribution < 1.29 is 24.5 Å². The summed E-state index contributed by atoms with van der Waals surface area (Å²) in [5.41, 5.74) is 5.25. The lowest BCUT2D eigenvalue weighted by Gasteiger charge is -2.05. The van der Waals surface area contributed by atoms with E-state index in [2.05, 4.69) is 14.7 Å². The molecule has 0 amide bonds. The highest BCUT2D eigenvalue weighted by molar-refractivity contribution is 5.81. The van der Waals surface area contributed by atoms with E-state index in [1.807, 2.05) is 0 Å². The van der Waals surface area contributed by atoms with Crippen molar-refractivity contribution in [1.82, 2.24) is 9.97 Å². The number of carbonyl (C=O) groups is 2. The van der Waals surface area contributed by atoms with Crippen LogP contribution in [0.1, 0.15) is 6.42 Å². The molecule has 1 aromatic rings. The third-order valence-electron chi connectivity index (χ3n) is 1.51. The number of esters is 1. The van der Waals surface area contributed by atoms with Crippen LogP contribution in [-0.4, -0.2) is 38.2 Å². The lowest BCUT2D eigenvalue weighted by atomic mass is 10.2. The molecule has 0 aliphatic carbocycles. The molecule has 8 nitrogen and oxygen atoms in total. The number of hydrogen-bond acceptors (Lipinski definition) is 7. The van der Waals surface area contributed by atoms with Gasteiger partial charge in [-0.2, -0.15) is 0 Å². The van der Waals surface area contributed by atoms with Crippen molar-refractivity contribution in [3.05, 3.63) is 12.4 Å². The first-order chi connectivity index (χ1) is 7.49. The molecule has 0 aromatic carbocycles. The van der Waals surface area contributed by atoms with Crippen LogP contribution in [0.5, 0.6) is 5.88 Å². The molecule has 16 heavy (non-hydrogen) atoms. The van der Waals surface area contributed by atoms with Gasteiger partial charge in [0.2, 0.25) is 5.88 Å². The predicted molar refractivity (Wildman–Crippen MR) is 50.3 cm³/mol. The van der Waals surface area contributed by atoms with Gasteiger partial charge in [-0.25, -0.2) is 14.8 Å². The first-order valence-electron chi connectivity index (χ1n) is 4.18. The van der Waals surface area contributed by atoms with E-state index >= 15 is 0 Å². The topological polar surface area (TPSA) is 136 Å². The SMILES string of the molecule is Nc1cnc(OC(=O)CC(O)C(=O)O)cn1.